The van der Waals surface area contributed by atoms with Gasteiger partial charge >= 0.3 is 0 Å². The number of hydrogen-bond donors (Lipinski definition) is 2. The lowest BCUT2D eigenvalue weighted by Crippen LogP contribution is -2.39. The number of hydrogen-bond acceptors (Lipinski definition) is 3. The van der Waals surface area contributed by atoms with E-state index in [1.165, 1.54) is 25.8 Å². The number of likely N-dealkylation sites (tertiary alicyclic amines) is 1. The maximum absolute atomic E-state index is 9.29. The van der Waals surface area contributed by atoms with Crippen LogP contribution in [0.15, 0.2) is 0 Å². The monoisotopic (exact) mass is 184 g/mol. The SMILES string of the molecule is NCCN1C[C@H](CO)C2(CCC2)C1. The first-order chi connectivity index (χ1) is 6.30. The van der Waals surface area contributed by atoms with Crippen LogP contribution < -0.4 is 5.73 Å². The maximum atomic E-state index is 9.29. The van der Waals surface area contributed by atoms with E-state index >= 15 is 0 Å². The summed E-state index contributed by atoms with van der Waals surface area (Å²) in [4.78, 5) is 2.42. The van der Waals surface area contributed by atoms with Crippen molar-refractivity contribution in [2.24, 2.45) is 17.1 Å². The molecule has 13 heavy (non-hydrogen) atoms. The summed E-state index contributed by atoms with van der Waals surface area (Å²) >= 11 is 0. The van der Waals surface area contributed by atoms with Crippen molar-refractivity contribution in [1.82, 2.24) is 4.90 Å². The second-order valence-electron chi connectivity index (χ2n) is 4.62. The van der Waals surface area contributed by atoms with Crippen LogP contribution in [0.25, 0.3) is 0 Å². The van der Waals surface area contributed by atoms with Gasteiger partial charge < -0.3 is 15.7 Å². The Hall–Kier alpha value is -0.120. The molecule has 2 fully saturated rings. The van der Waals surface area contributed by atoms with E-state index in [1.807, 2.05) is 0 Å². The Balaban J connectivity index is 1.96. The third kappa shape index (κ3) is 1.49. The average molecular weight is 184 g/mol. The molecular weight excluding hydrogens is 164 g/mol. The molecule has 0 aromatic heterocycles. The van der Waals surface area contributed by atoms with E-state index in [0.717, 1.165) is 19.6 Å². The van der Waals surface area contributed by atoms with Crippen LogP contribution in [0.5, 0.6) is 0 Å². The zero-order valence-corrected chi connectivity index (χ0v) is 8.21. The van der Waals surface area contributed by atoms with Gasteiger partial charge in [-0.25, -0.2) is 0 Å². The van der Waals surface area contributed by atoms with Gasteiger partial charge in [0.1, 0.15) is 0 Å². The van der Waals surface area contributed by atoms with Crippen LogP contribution in [0.2, 0.25) is 0 Å². The van der Waals surface area contributed by atoms with Crippen molar-refractivity contribution >= 4 is 0 Å². The highest BCUT2D eigenvalue weighted by atomic mass is 16.3. The Kier molecular flexibility index (Phi) is 2.58. The molecule has 0 bridgehead atoms. The Morgan fingerprint density at radius 3 is 2.62 bits per heavy atom. The van der Waals surface area contributed by atoms with Crippen molar-refractivity contribution in [1.29, 1.82) is 0 Å². The highest BCUT2D eigenvalue weighted by molar-refractivity contribution is 5.01. The maximum Gasteiger partial charge on any atom is 0.0477 e. The standard InChI is InChI=1S/C10H20N2O/c11-4-5-12-6-9(7-13)10(8-12)2-1-3-10/h9,13H,1-8,11H2/t9-/m1/s1. The van der Waals surface area contributed by atoms with Gasteiger partial charge in [0.05, 0.1) is 0 Å². The van der Waals surface area contributed by atoms with Crippen LogP contribution in [0.3, 0.4) is 0 Å². The molecule has 1 atom stereocenters. The lowest BCUT2D eigenvalue weighted by atomic mass is 9.63. The molecule has 76 valence electrons. The summed E-state index contributed by atoms with van der Waals surface area (Å²) in [5.41, 5.74) is 6.02. The second-order valence-corrected chi connectivity index (χ2v) is 4.62. The summed E-state index contributed by atoms with van der Waals surface area (Å²) in [5, 5.41) is 9.29. The Morgan fingerprint density at radius 1 is 1.46 bits per heavy atom. The van der Waals surface area contributed by atoms with Crippen molar-refractivity contribution < 1.29 is 5.11 Å². The number of aliphatic hydroxyl groups is 1. The topological polar surface area (TPSA) is 49.5 Å². The van der Waals surface area contributed by atoms with E-state index in [2.05, 4.69) is 4.90 Å². The normalized spacial score (nSPS) is 32.3. The zero-order chi connectivity index (χ0) is 9.31. The Morgan fingerprint density at radius 2 is 2.23 bits per heavy atom. The predicted octanol–water partition coefficient (Wildman–Crippen LogP) is 0.0395. The first-order valence-corrected chi connectivity index (χ1v) is 5.34. The van der Waals surface area contributed by atoms with E-state index < -0.39 is 0 Å². The molecule has 3 nitrogen and oxygen atoms in total. The van der Waals surface area contributed by atoms with E-state index in [-0.39, 0.29) is 0 Å². The van der Waals surface area contributed by atoms with Crippen LogP contribution >= 0.6 is 0 Å². The van der Waals surface area contributed by atoms with Crippen LogP contribution in [-0.2, 0) is 0 Å². The lowest BCUT2D eigenvalue weighted by molar-refractivity contribution is 0.0543. The molecular formula is C10H20N2O. The molecule has 0 amide bonds. The van der Waals surface area contributed by atoms with Gasteiger partial charge in [-0.1, -0.05) is 6.42 Å². The smallest absolute Gasteiger partial charge is 0.0477 e. The predicted molar refractivity (Wildman–Crippen MR) is 52.4 cm³/mol. The highest BCUT2D eigenvalue weighted by Crippen LogP contribution is 2.51. The first-order valence-electron chi connectivity index (χ1n) is 5.34. The van der Waals surface area contributed by atoms with Gasteiger partial charge in [-0.2, -0.15) is 0 Å². The molecule has 0 aromatic carbocycles. The van der Waals surface area contributed by atoms with Crippen LogP contribution in [0, 0.1) is 11.3 Å². The highest BCUT2D eigenvalue weighted by Gasteiger charge is 2.49. The quantitative estimate of drug-likeness (QED) is 0.651. The minimum Gasteiger partial charge on any atom is -0.396 e. The van der Waals surface area contributed by atoms with E-state index in [4.69, 9.17) is 5.73 Å². The van der Waals surface area contributed by atoms with Gasteiger partial charge in [-0.3, -0.25) is 0 Å². The molecule has 1 saturated carbocycles. The van der Waals surface area contributed by atoms with Crippen molar-refractivity contribution in [3.05, 3.63) is 0 Å². The molecule has 1 spiro atoms. The number of rotatable bonds is 3. The van der Waals surface area contributed by atoms with Crippen LogP contribution in [0.1, 0.15) is 19.3 Å². The fourth-order valence-corrected chi connectivity index (χ4v) is 2.95. The molecule has 1 aliphatic heterocycles. The van der Waals surface area contributed by atoms with Crippen molar-refractivity contribution in [3.8, 4) is 0 Å². The molecule has 1 saturated heterocycles. The van der Waals surface area contributed by atoms with Crippen LogP contribution in [0.4, 0.5) is 0 Å². The lowest BCUT2D eigenvalue weighted by Gasteiger charge is -2.42. The summed E-state index contributed by atoms with van der Waals surface area (Å²) in [6.07, 6.45) is 3.99. The minimum atomic E-state index is 0.362. The minimum absolute atomic E-state index is 0.362. The fourth-order valence-electron chi connectivity index (χ4n) is 2.95. The summed E-state index contributed by atoms with van der Waals surface area (Å²) in [5.74, 6) is 0.521. The zero-order valence-electron chi connectivity index (χ0n) is 8.21. The average Bonchev–Trinajstić information content (AvgIpc) is 2.43. The summed E-state index contributed by atoms with van der Waals surface area (Å²) in [6.45, 7) is 4.34. The molecule has 1 heterocycles. The number of nitrogens with two attached hydrogens (primary N) is 1. The van der Waals surface area contributed by atoms with E-state index in [9.17, 15) is 5.11 Å². The van der Waals surface area contributed by atoms with Gasteiger partial charge in [0.15, 0.2) is 0 Å². The van der Waals surface area contributed by atoms with Gasteiger partial charge in [0.25, 0.3) is 0 Å². The third-order valence-electron chi connectivity index (χ3n) is 3.90. The second kappa shape index (κ2) is 3.56. The van der Waals surface area contributed by atoms with Gasteiger partial charge in [0, 0.05) is 38.7 Å². The van der Waals surface area contributed by atoms with Crippen molar-refractivity contribution in [2.75, 3.05) is 32.8 Å². The van der Waals surface area contributed by atoms with E-state index in [0.29, 0.717) is 17.9 Å². The summed E-state index contributed by atoms with van der Waals surface area (Å²) in [7, 11) is 0. The number of nitrogens with zero attached hydrogens (tertiary/aromatic N) is 1. The largest absolute Gasteiger partial charge is 0.396 e. The molecule has 2 aliphatic rings. The molecule has 3 N–H and O–H groups in total. The molecule has 3 heteroatoms. The van der Waals surface area contributed by atoms with Gasteiger partial charge in [0.2, 0.25) is 0 Å². The molecule has 0 aromatic rings. The number of aliphatic hydroxyl groups excluding tert-OH is 1. The van der Waals surface area contributed by atoms with Gasteiger partial charge in [-0.15, -0.1) is 0 Å². The molecule has 0 radical (unpaired) electrons. The summed E-state index contributed by atoms with van der Waals surface area (Å²) < 4.78 is 0. The summed E-state index contributed by atoms with van der Waals surface area (Å²) in [6, 6.07) is 0. The van der Waals surface area contributed by atoms with Crippen molar-refractivity contribution in [3.63, 3.8) is 0 Å². The fraction of sp³-hybridized carbons (Fsp3) is 1.00. The van der Waals surface area contributed by atoms with Gasteiger partial charge in [-0.05, 0) is 18.3 Å². The molecule has 2 rings (SSSR count). The third-order valence-corrected chi connectivity index (χ3v) is 3.90. The van der Waals surface area contributed by atoms with Crippen LogP contribution in [-0.4, -0.2) is 42.8 Å². The molecule has 0 unspecified atom stereocenters. The Bertz CT molecular complexity index is 180. The Labute approximate surface area is 79.9 Å². The first kappa shape index (κ1) is 9.44. The van der Waals surface area contributed by atoms with Crippen molar-refractivity contribution in [2.45, 2.75) is 19.3 Å². The van der Waals surface area contributed by atoms with E-state index in [1.54, 1.807) is 0 Å². The molecule has 1 aliphatic carbocycles.